The Balaban J connectivity index is 2.98. The standard InChI is InChI=1S/C15H24ClN/c1-5-9-17-15(11(3)6-2)14-10-13(16)8-7-12(14)4/h7-8,10-11,15,17H,5-6,9H2,1-4H3. The van der Waals surface area contributed by atoms with Gasteiger partial charge in [0.2, 0.25) is 0 Å². The third-order valence-electron chi connectivity index (χ3n) is 3.40. The minimum atomic E-state index is 0.415. The fraction of sp³-hybridized carbons (Fsp3) is 0.600. The number of nitrogens with one attached hydrogen (secondary N) is 1. The van der Waals surface area contributed by atoms with Crippen LogP contribution in [-0.4, -0.2) is 6.54 Å². The maximum Gasteiger partial charge on any atom is 0.0409 e. The molecule has 0 saturated heterocycles. The summed E-state index contributed by atoms with van der Waals surface area (Å²) in [6, 6.07) is 6.60. The van der Waals surface area contributed by atoms with E-state index in [0.717, 1.165) is 18.0 Å². The van der Waals surface area contributed by atoms with Crippen molar-refractivity contribution < 1.29 is 0 Å². The molecule has 96 valence electrons. The predicted octanol–water partition coefficient (Wildman–Crippen LogP) is 4.74. The Morgan fingerprint density at radius 2 is 2.00 bits per heavy atom. The summed E-state index contributed by atoms with van der Waals surface area (Å²) < 4.78 is 0. The van der Waals surface area contributed by atoms with Gasteiger partial charge in [-0.3, -0.25) is 0 Å². The third-order valence-corrected chi connectivity index (χ3v) is 3.64. The Bertz CT molecular complexity index is 349. The Kier molecular flexibility index (Phi) is 6.01. The SMILES string of the molecule is CCCNC(c1cc(Cl)ccc1C)C(C)CC. The molecule has 0 radical (unpaired) electrons. The lowest BCUT2D eigenvalue weighted by Crippen LogP contribution is -2.28. The predicted molar refractivity (Wildman–Crippen MR) is 76.7 cm³/mol. The molecule has 17 heavy (non-hydrogen) atoms. The van der Waals surface area contributed by atoms with E-state index in [4.69, 9.17) is 11.6 Å². The van der Waals surface area contributed by atoms with Crippen molar-refractivity contribution in [1.82, 2.24) is 5.32 Å². The molecule has 2 unspecified atom stereocenters. The first-order chi connectivity index (χ1) is 8.10. The van der Waals surface area contributed by atoms with Crippen molar-refractivity contribution in [3.63, 3.8) is 0 Å². The molecule has 0 fully saturated rings. The zero-order valence-electron chi connectivity index (χ0n) is 11.4. The van der Waals surface area contributed by atoms with Gasteiger partial charge in [0, 0.05) is 11.1 Å². The molecule has 2 atom stereocenters. The van der Waals surface area contributed by atoms with Crippen LogP contribution in [0.4, 0.5) is 0 Å². The quantitative estimate of drug-likeness (QED) is 0.773. The Morgan fingerprint density at radius 3 is 2.59 bits per heavy atom. The van der Waals surface area contributed by atoms with Crippen molar-refractivity contribution in [2.45, 2.75) is 46.6 Å². The second-order valence-corrected chi connectivity index (χ2v) is 5.25. The van der Waals surface area contributed by atoms with Crippen LogP contribution >= 0.6 is 11.6 Å². The summed E-state index contributed by atoms with van der Waals surface area (Å²) in [4.78, 5) is 0. The Hall–Kier alpha value is -0.530. The monoisotopic (exact) mass is 253 g/mol. The number of benzene rings is 1. The van der Waals surface area contributed by atoms with Crippen molar-refractivity contribution in [1.29, 1.82) is 0 Å². The maximum atomic E-state index is 6.12. The van der Waals surface area contributed by atoms with Gasteiger partial charge in [0.25, 0.3) is 0 Å². The molecule has 0 aliphatic heterocycles. The van der Waals surface area contributed by atoms with E-state index in [1.165, 1.54) is 17.5 Å². The zero-order valence-corrected chi connectivity index (χ0v) is 12.1. The fourth-order valence-corrected chi connectivity index (χ4v) is 2.28. The van der Waals surface area contributed by atoms with Gasteiger partial charge < -0.3 is 5.32 Å². The topological polar surface area (TPSA) is 12.0 Å². The highest BCUT2D eigenvalue weighted by Gasteiger charge is 2.19. The van der Waals surface area contributed by atoms with E-state index in [1.807, 2.05) is 6.07 Å². The highest BCUT2D eigenvalue weighted by Crippen LogP contribution is 2.29. The van der Waals surface area contributed by atoms with Crippen LogP contribution in [0.3, 0.4) is 0 Å². The molecule has 1 rings (SSSR count). The van der Waals surface area contributed by atoms with Crippen molar-refractivity contribution in [2.75, 3.05) is 6.54 Å². The van der Waals surface area contributed by atoms with Gasteiger partial charge in [0.1, 0.15) is 0 Å². The van der Waals surface area contributed by atoms with Crippen LogP contribution in [0.1, 0.15) is 50.8 Å². The molecular weight excluding hydrogens is 230 g/mol. The van der Waals surface area contributed by atoms with E-state index in [2.05, 4.69) is 45.1 Å². The molecule has 0 saturated carbocycles. The number of halogens is 1. The lowest BCUT2D eigenvalue weighted by molar-refractivity contribution is 0.376. The summed E-state index contributed by atoms with van der Waals surface area (Å²) in [7, 11) is 0. The summed E-state index contributed by atoms with van der Waals surface area (Å²) in [6.07, 6.45) is 2.33. The van der Waals surface area contributed by atoms with Gasteiger partial charge in [-0.05, 0) is 49.1 Å². The van der Waals surface area contributed by atoms with Crippen molar-refractivity contribution >= 4 is 11.6 Å². The van der Waals surface area contributed by atoms with E-state index < -0.39 is 0 Å². The maximum absolute atomic E-state index is 6.12. The average molecular weight is 254 g/mol. The van der Waals surface area contributed by atoms with Crippen LogP contribution < -0.4 is 5.32 Å². The second kappa shape index (κ2) is 7.03. The van der Waals surface area contributed by atoms with Crippen LogP contribution in [-0.2, 0) is 0 Å². The van der Waals surface area contributed by atoms with Crippen LogP contribution in [0.25, 0.3) is 0 Å². The minimum absolute atomic E-state index is 0.415. The third kappa shape index (κ3) is 4.01. The molecule has 0 aliphatic rings. The van der Waals surface area contributed by atoms with Gasteiger partial charge >= 0.3 is 0 Å². The summed E-state index contributed by atoms with van der Waals surface area (Å²) in [5.41, 5.74) is 2.67. The second-order valence-electron chi connectivity index (χ2n) is 4.82. The van der Waals surface area contributed by atoms with E-state index in [9.17, 15) is 0 Å². The molecule has 0 spiro atoms. The molecule has 1 N–H and O–H groups in total. The molecule has 0 aliphatic carbocycles. The van der Waals surface area contributed by atoms with Crippen molar-refractivity contribution in [3.8, 4) is 0 Å². The average Bonchev–Trinajstić information content (AvgIpc) is 2.33. The van der Waals surface area contributed by atoms with Crippen LogP contribution in [0.2, 0.25) is 5.02 Å². The lowest BCUT2D eigenvalue weighted by atomic mass is 9.90. The smallest absolute Gasteiger partial charge is 0.0409 e. The molecule has 1 nitrogen and oxygen atoms in total. The summed E-state index contributed by atoms with van der Waals surface area (Å²) in [6.45, 7) is 9.96. The summed E-state index contributed by atoms with van der Waals surface area (Å²) >= 11 is 6.12. The first-order valence-electron chi connectivity index (χ1n) is 6.59. The fourth-order valence-electron chi connectivity index (χ4n) is 2.10. The van der Waals surface area contributed by atoms with Gasteiger partial charge in [-0.15, -0.1) is 0 Å². The normalized spacial score (nSPS) is 14.6. The molecule has 0 aromatic heterocycles. The van der Waals surface area contributed by atoms with Crippen LogP contribution in [0, 0.1) is 12.8 Å². The largest absolute Gasteiger partial charge is 0.310 e. The number of rotatable bonds is 6. The molecule has 2 heteroatoms. The number of hydrogen-bond donors (Lipinski definition) is 1. The van der Waals surface area contributed by atoms with E-state index in [1.54, 1.807) is 0 Å². The molecule has 1 aromatic carbocycles. The highest BCUT2D eigenvalue weighted by atomic mass is 35.5. The molecule has 0 bridgehead atoms. The summed E-state index contributed by atoms with van der Waals surface area (Å²) in [5, 5.41) is 4.48. The Morgan fingerprint density at radius 1 is 1.29 bits per heavy atom. The molecule has 1 aromatic rings. The van der Waals surface area contributed by atoms with Gasteiger partial charge in [-0.2, -0.15) is 0 Å². The first kappa shape index (κ1) is 14.5. The number of hydrogen-bond acceptors (Lipinski definition) is 1. The van der Waals surface area contributed by atoms with Gasteiger partial charge in [-0.1, -0.05) is 44.9 Å². The van der Waals surface area contributed by atoms with Crippen LogP contribution in [0.15, 0.2) is 18.2 Å². The van der Waals surface area contributed by atoms with E-state index >= 15 is 0 Å². The summed E-state index contributed by atoms with van der Waals surface area (Å²) in [5.74, 6) is 0.624. The van der Waals surface area contributed by atoms with Crippen molar-refractivity contribution in [2.24, 2.45) is 5.92 Å². The molecule has 0 heterocycles. The van der Waals surface area contributed by atoms with Gasteiger partial charge in [0.05, 0.1) is 0 Å². The van der Waals surface area contributed by atoms with E-state index in [0.29, 0.717) is 12.0 Å². The molecule has 0 amide bonds. The van der Waals surface area contributed by atoms with Gasteiger partial charge in [0.15, 0.2) is 0 Å². The number of aryl methyl sites for hydroxylation is 1. The Labute approximate surface area is 111 Å². The van der Waals surface area contributed by atoms with Crippen LogP contribution in [0.5, 0.6) is 0 Å². The minimum Gasteiger partial charge on any atom is -0.310 e. The van der Waals surface area contributed by atoms with E-state index in [-0.39, 0.29) is 0 Å². The lowest BCUT2D eigenvalue weighted by Gasteiger charge is -2.26. The molecular formula is C15H24ClN. The highest BCUT2D eigenvalue weighted by molar-refractivity contribution is 6.30. The first-order valence-corrected chi connectivity index (χ1v) is 6.97. The zero-order chi connectivity index (χ0) is 12.8. The van der Waals surface area contributed by atoms with Gasteiger partial charge in [-0.25, -0.2) is 0 Å². The van der Waals surface area contributed by atoms with Crippen molar-refractivity contribution in [3.05, 3.63) is 34.3 Å².